The summed E-state index contributed by atoms with van der Waals surface area (Å²) in [4.78, 5) is 46.1. The van der Waals surface area contributed by atoms with Gasteiger partial charge in [-0.1, -0.05) is 259 Å². The van der Waals surface area contributed by atoms with E-state index in [1.165, 1.54) is 205 Å². The Hall–Kier alpha value is -1.83. The molecule has 73 heavy (non-hydrogen) atoms. The third-order valence-corrected chi connectivity index (χ3v) is 16.2. The van der Waals surface area contributed by atoms with Crippen LogP contribution in [-0.4, -0.2) is 92.2 Å². The minimum Gasteiger partial charge on any atom is -0.465 e. The topological polar surface area (TPSA) is 79.4 Å². The van der Waals surface area contributed by atoms with Crippen LogP contribution < -0.4 is 0 Å². The molecule has 2 amide bonds. The molecule has 0 N–H and O–H groups in total. The first-order valence-corrected chi connectivity index (χ1v) is 32.9. The lowest BCUT2D eigenvalue weighted by Crippen LogP contribution is -2.45. The molecule has 1 aliphatic heterocycles. The van der Waals surface area contributed by atoms with E-state index in [1.807, 2.05) is 0 Å². The van der Waals surface area contributed by atoms with Crippen LogP contribution in [0, 0.1) is 11.8 Å². The maximum Gasteiger partial charge on any atom is 0.320 e. The van der Waals surface area contributed by atoms with E-state index >= 15 is 0 Å². The van der Waals surface area contributed by atoms with E-state index in [2.05, 4.69) is 49.4 Å². The van der Waals surface area contributed by atoms with Crippen LogP contribution in [0.3, 0.4) is 0 Å². The predicted molar refractivity (Wildman–Crippen MR) is 315 cm³/mol. The fourth-order valence-corrected chi connectivity index (χ4v) is 11.0. The second-order valence-corrected chi connectivity index (χ2v) is 23.4. The number of amides is 2. The van der Waals surface area contributed by atoms with Gasteiger partial charge in [-0.2, -0.15) is 0 Å². The summed E-state index contributed by atoms with van der Waals surface area (Å²) in [5, 5.41) is 0. The second-order valence-electron chi connectivity index (χ2n) is 23.4. The molecule has 432 valence electrons. The van der Waals surface area contributed by atoms with Gasteiger partial charge in [0.1, 0.15) is 0 Å². The molecular formula is C65H127N3O5. The van der Waals surface area contributed by atoms with Crippen LogP contribution in [0.25, 0.3) is 0 Å². The first-order valence-electron chi connectivity index (χ1n) is 32.9. The summed E-state index contributed by atoms with van der Waals surface area (Å²) in [6.45, 7) is 15.7. The average Bonchev–Trinajstić information content (AvgIpc) is 3.62. The van der Waals surface area contributed by atoms with Gasteiger partial charge >= 0.3 is 18.0 Å². The molecule has 1 rings (SSSR count). The lowest BCUT2D eigenvalue weighted by molar-refractivity contribution is -0.146. The minimum atomic E-state index is -0.000626. The summed E-state index contributed by atoms with van der Waals surface area (Å²) in [5.41, 5.74) is 0. The van der Waals surface area contributed by atoms with E-state index in [4.69, 9.17) is 9.47 Å². The molecule has 0 aliphatic carbocycles. The van der Waals surface area contributed by atoms with Crippen LogP contribution in [0.1, 0.15) is 329 Å². The molecule has 1 saturated heterocycles. The third-order valence-electron chi connectivity index (χ3n) is 16.2. The number of nitrogens with zero attached hydrogens (tertiary/aromatic N) is 3. The van der Waals surface area contributed by atoms with Gasteiger partial charge in [0.15, 0.2) is 0 Å². The van der Waals surface area contributed by atoms with Crippen LogP contribution in [0.15, 0.2) is 0 Å². The van der Waals surface area contributed by atoms with Crippen molar-refractivity contribution in [3.05, 3.63) is 0 Å². The van der Waals surface area contributed by atoms with Crippen molar-refractivity contribution in [2.75, 3.05) is 59.5 Å². The highest BCUT2D eigenvalue weighted by molar-refractivity contribution is 5.74. The lowest BCUT2D eigenvalue weighted by atomic mass is 9.94. The Morgan fingerprint density at radius 1 is 0.370 bits per heavy atom. The van der Waals surface area contributed by atoms with Gasteiger partial charge in [0.05, 0.1) is 13.2 Å². The van der Waals surface area contributed by atoms with E-state index in [-0.39, 0.29) is 18.0 Å². The first kappa shape index (κ1) is 69.2. The third kappa shape index (κ3) is 45.0. The molecule has 8 nitrogen and oxygen atoms in total. The number of esters is 2. The molecule has 0 aromatic heterocycles. The Balaban J connectivity index is 2.40. The summed E-state index contributed by atoms with van der Waals surface area (Å²) in [7, 11) is 2.16. The fourth-order valence-electron chi connectivity index (χ4n) is 11.0. The zero-order valence-corrected chi connectivity index (χ0v) is 49.9. The van der Waals surface area contributed by atoms with Crippen LogP contribution in [0.2, 0.25) is 0 Å². The van der Waals surface area contributed by atoms with Crippen molar-refractivity contribution >= 4 is 18.0 Å². The van der Waals surface area contributed by atoms with Crippen molar-refractivity contribution < 1.29 is 23.9 Å². The van der Waals surface area contributed by atoms with Crippen molar-refractivity contribution in [1.29, 1.82) is 0 Å². The van der Waals surface area contributed by atoms with E-state index < -0.39 is 0 Å². The molecule has 0 bridgehead atoms. The fraction of sp³-hybridized carbons (Fsp3) is 0.954. The molecule has 0 aromatic carbocycles. The number of ether oxygens (including phenoxy) is 2. The van der Waals surface area contributed by atoms with Crippen molar-refractivity contribution in [1.82, 2.24) is 14.7 Å². The first-order chi connectivity index (χ1) is 35.8. The Kier molecular flexibility index (Phi) is 50.8. The summed E-state index contributed by atoms with van der Waals surface area (Å²) in [6, 6.07) is 0.228. The van der Waals surface area contributed by atoms with E-state index in [0.717, 1.165) is 123 Å². The monoisotopic (exact) mass is 1030 g/mol. The van der Waals surface area contributed by atoms with Crippen molar-refractivity contribution in [3.63, 3.8) is 0 Å². The smallest absolute Gasteiger partial charge is 0.320 e. The number of unbranched alkanes of at least 4 members (excludes halogenated alkanes) is 34. The average molecular weight is 1030 g/mol. The quantitative estimate of drug-likeness (QED) is 0.0446. The van der Waals surface area contributed by atoms with Gasteiger partial charge in [-0.3, -0.25) is 9.59 Å². The standard InChI is InChI=1S/C65H127N3O5/c1-6-10-14-18-22-24-32-40-49-61(47-38-30-20-16-12-8-3)59-72-63(69)51-42-34-26-28-36-44-54-67(65(71)68-56-46-53-66(5)57-58-68)55-45-37-29-27-35-43-52-64(70)73-60-62(48-39-31-21-17-13-9-4)50-41-33-25-23-19-15-11-7-2/h61-62H,6-60H2,1-5H3. The number of carbonyl (C=O) groups excluding carboxylic acids is 3. The maximum atomic E-state index is 13.9. The molecule has 0 radical (unpaired) electrons. The highest BCUT2D eigenvalue weighted by Gasteiger charge is 2.23. The highest BCUT2D eigenvalue weighted by atomic mass is 16.5. The van der Waals surface area contributed by atoms with Crippen LogP contribution in [0.5, 0.6) is 0 Å². The van der Waals surface area contributed by atoms with Crippen LogP contribution >= 0.6 is 0 Å². The molecule has 8 heteroatoms. The van der Waals surface area contributed by atoms with E-state index in [1.54, 1.807) is 0 Å². The van der Waals surface area contributed by atoms with Gasteiger partial charge in [-0.15, -0.1) is 0 Å². The SMILES string of the molecule is CCCCCCCCCCC(CCCCCCCC)COC(=O)CCCCCCCCN(CCCCCCCCC(=O)OCC(CCCCCCCC)CCCCCCCCCC)C(=O)N1CCCN(C)CC1. The Labute approximate surface area is 455 Å². The summed E-state index contributed by atoms with van der Waals surface area (Å²) in [6.07, 6.45) is 57.1. The van der Waals surface area contributed by atoms with Gasteiger partial charge in [-0.05, 0) is 83.2 Å². The zero-order chi connectivity index (χ0) is 52.9. The molecule has 1 heterocycles. The Morgan fingerprint density at radius 2 is 0.671 bits per heavy atom. The van der Waals surface area contributed by atoms with Crippen molar-refractivity contribution in [3.8, 4) is 0 Å². The normalized spacial score (nSPS) is 14.1. The summed E-state index contributed by atoms with van der Waals surface area (Å²) in [5.74, 6) is 1.04. The number of hydrogen-bond donors (Lipinski definition) is 0. The van der Waals surface area contributed by atoms with Crippen molar-refractivity contribution in [2.24, 2.45) is 11.8 Å². The van der Waals surface area contributed by atoms with Gasteiger partial charge in [0, 0.05) is 45.6 Å². The highest BCUT2D eigenvalue weighted by Crippen LogP contribution is 2.23. The van der Waals surface area contributed by atoms with Gasteiger partial charge < -0.3 is 24.2 Å². The molecule has 0 aromatic rings. The predicted octanol–water partition coefficient (Wildman–Crippen LogP) is 19.4. The molecule has 1 fully saturated rings. The Bertz CT molecular complexity index is 1130. The summed E-state index contributed by atoms with van der Waals surface area (Å²) < 4.78 is 11.8. The molecule has 1 aliphatic rings. The van der Waals surface area contributed by atoms with Gasteiger partial charge in [0.25, 0.3) is 0 Å². The molecule has 2 unspecified atom stereocenters. The van der Waals surface area contributed by atoms with Crippen molar-refractivity contribution in [2.45, 2.75) is 329 Å². The van der Waals surface area contributed by atoms with Gasteiger partial charge in [-0.25, -0.2) is 4.79 Å². The maximum absolute atomic E-state index is 13.9. The number of rotatable bonds is 54. The molecule has 0 saturated carbocycles. The van der Waals surface area contributed by atoms with Gasteiger partial charge in [0.2, 0.25) is 0 Å². The van der Waals surface area contributed by atoms with E-state index in [9.17, 15) is 14.4 Å². The number of hydrogen-bond acceptors (Lipinski definition) is 6. The number of carbonyl (C=O) groups is 3. The van der Waals surface area contributed by atoms with E-state index in [0.29, 0.717) is 37.9 Å². The molecule has 0 spiro atoms. The molecule has 2 atom stereocenters. The zero-order valence-electron chi connectivity index (χ0n) is 49.9. The number of urea groups is 1. The second kappa shape index (κ2) is 53.6. The van der Waals surface area contributed by atoms with Crippen LogP contribution in [0.4, 0.5) is 4.79 Å². The largest absolute Gasteiger partial charge is 0.465 e. The Morgan fingerprint density at radius 3 is 1.01 bits per heavy atom. The number of likely N-dealkylation sites (N-methyl/N-ethyl adjacent to an activating group) is 1. The van der Waals surface area contributed by atoms with Crippen LogP contribution in [-0.2, 0) is 19.1 Å². The molecular weight excluding hydrogens is 903 g/mol. The minimum absolute atomic E-state index is 0.000626. The lowest BCUT2D eigenvalue weighted by Gasteiger charge is -2.30. The summed E-state index contributed by atoms with van der Waals surface area (Å²) >= 11 is 0.